The van der Waals surface area contributed by atoms with Crippen molar-refractivity contribution in [1.82, 2.24) is 4.98 Å². The molecule has 0 radical (unpaired) electrons. The number of nitrogens with one attached hydrogen (secondary N) is 3. The Balaban J connectivity index is 2.11. The van der Waals surface area contributed by atoms with Crippen molar-refractivity contribution in [3.8, 4) is 0 Å². The molecule has 0 saturated heterocycles. The van der Waals surface area contributed by atoms with Gasteiger partial charge in [-0.25, -0.2) is 4.39 Å². The van der Waals surface area contributed by atoms with E-state index in [9.17, 15) is 14.3 Å². The number of carbonyl (C=O) groups is 1. The lowest BCUT2D eigenvalue weighted by atomic mass is 9.94. The second-order valence-electron chi connectivity index (χ2n) is 7.70. The Bertz CT molecular complexity index is 1250. The van der Waals surface area contributed by atoms with E-state index in [1.54, 1.807) is 31.3 Å². The number of halogens is 1. The highest BCUT2D eigenvalue weighted by Gasteiger charge is 2.18. The predicted octanol–water partition coefficient (Wildman–Crippen LogP) is 5.95. The molecule has 1 heterocycles. The van der Waals surface area contributed by atoms with Gasteiger partial charge in [0.25, 0.3) is 0 Å². The lowest BCUT2D eigenvalue weighted by Gasteiger charge is -2.20. The Morgan fingerprint density at radius 1 is 1.09 bits per heavy atom. The van der Waals surface area contributed by atoms with Gasteiger partial charge in [-0.1, -0.05) is 24.3 Å². The maximum atomic E-state index is 14.2. The van der Waals surface area contributed by atoms with Gasteiger partial charge in [0.2, 0.25) is 0 Å². The number of aliphatic hydroxyl groups is 1. The molecule has 1 aromatic heterocycles. The van der Waals surface area contributed by atoms with E-state index in [1.807, 2.05) is 25.1 Å². The zero-order valence-electron chi connectivity index (χ0n) is 18.6. The third-order valence-corrected chi connectivity index (χ3v) is 5.23. The van der Waals surface area contributed by atoms with Gasteiger partial charge >= 0.3 is 0 Å². The van der Waals surface area contributed by atoms with Crippen LogP contribution >= 0.6 is 0 Å². The van der Waals surface area contributed by atoms with Crippen molar-refractivity contribution in [1.29, 1.82) is 10.8 Å². The van der Waals surface area contributed by atoms with Crippen LogP contribution in [0, 0.1) is 16.6 Å². The lowest BCUT2D eigenvalue weighted by Crippen LogP contribution is -2.13. The predicted molar refractivity (Wildman–Crippen MR) is 129 cm³/mol. The quantitative estimate of drug-likeness (QED) is 0.195. The molecule has 3 rings (SSSR count). The van der Waals surface area contributed by atoms with E-state index in [2.05, 4.69) is 10.3 Å². The molecule has 0 unspecified atom stereocenters. The molecular formula is C26H25FN4O2. The molecule has 168 valence electrons. The van der Waals surface area contributed by atoms with Crippen LogP contribution in [-0.4, -0.2) is 27.8 Å². The fraction of sp³-hybridized carbons (Fsp3) is 0.154. The van der Waals surface area contributed by atoms with Crippen molar-refractivity contribution in [2.24, 2.45) is 0 Å². The number of aromatic nitrogens is 1. The lowest BCUT2D eigenvalue weighted by molar-refractivity contribution is 0.112. The summed E-state index contributed by atoms with van der Waals surface area (Å²) in [6.07, 6.45) is 2.13. The first-order valence-electron chi connectivity index (χ1n) is 10.3. The molecule has 0 aliphatic rings. The average Bonchev–Trinajstić information content (AvgIpc) is 2.79. The first kappa shape index (κ1) is 23.5. The highest BCUT2D eigenvalue weighted by Crippen LogP contribution is 2.29. The van der Waals surface area contributed by atoms with Crippen LogP contribution in [0.3, 0.4) is 0 Å². The normalized spacial score (nSPS) is 12.5. The molecule has 1 atom stereocenters. The third kappa shape index (κ3) is 5.20. The van der Waals surface area contributed by atoms with Gasteiger partial charge in [0.05, 0.1) is 28.8 Å². The number of allylic oxidation sites excluding steroid dienone is 2. The maximum absolute atomic E-state index is 14.2. The van der Waals surface area contributed by atoms with E-state index in [-0.39, 0.29) is 28.8 Å². The van der Waals surface area contributed by atoms with Gasteiger partial charge in [0.15, 0.2) is 6.29 Å². The van der Waals surface area contributed by atoms with Crippen LogP contribution in [0.2, 0.25) is 0 Å². The number of rotatable bonds is 8. The van der Waals surface area contributed by atoms with Crippen molar-refractivity contribution in [2.75, 3.05) is 5.32 Å². The number of hydrogen-bond donors (Lipinski definition) is 4. The maximum Gasteiger partial charge on any atom is 0.152 e. The van der Waals surface area contributed by atoms with Crippen molar-refractivity contribution in [2.45, 2.75) is 26.8 Å². The average molecular weight is 445 g/mol. The van der Waals surface area contributed by atoms with Gasteiger partial charge in [0.1, 0.15) is 5.82 Å². The summed E-state index contributed by atoms with van der Waals surface area (Å²) < 4.78 is 14.2. The molecule has 3 aromatic rings. The van der Waals surface area contributed by atoms with Gasteiger partial charge < -0.3 is 15.8 Å². The van der Waals surface area contributed by atoms with Gasteiger partial charge in [-0.05, 0) is 56.7 Å². The molecule has 0 aliphatic heterocycles. The Hall–Kier alpha value is -4.13. The molecule has 0 amide bonds. The number of hydrogen-bond acceptors (Lipinski definition) is 6. The minimum absolute atomic E-state index is 0.0144. The summed E-state index contributed by atoms with van der Waals surface area (Å²) in [6, 6.07) is 14.6. The molecule has 7 heteroatoms. The summed E-state index contributed by atoms with van der Waals surface area (Å²) in [4.78, 5) is 15.3. The largest absolute Gasteiger partial charge is 0.512 e. The zero-order chi connectivity index (χ0) is 24.1. The van der Waals surface area contributed by atoms with Crippen LogP contribution in [0.15, 0.2) is 66.6 Å². The number of carbonyl (C=O) groups excluding carboxylic acids is 1. The van der Waals surface area contributed by atoms with Crippen LogP contribution in [0.25, 0.3) is 5.57 Å². The Kier molecular flexibility index (Phi) is 7.13. The van der Waals surface area contributed by atoms with E-state index >= 15 is 0 Å². The molecule has 0 spiro atoms. The SMILES string of the molecule is CC(=N)/C(=C(/C)O)c1ccc(C(=N)c2ccc(C=O)c(F)c2)c(N[C@@H](C)c2ccccn2)c1. The van der Waals surface area contributed by atoms with E-state index in [1.165, 1.54) is 19.1 Å². The van der Waals surface area contributed by atoms with Crippen molar-refractivity contribution >= 4 is 29.0 Å². The zero-order valence-corrected chi connectivity index (χ0v) is 18.6. The molecule has 4 N–H and O–H groups in total. The number of nitrogens with zero attached hydrogens (tertiary/aromatic N) is 1. The van der Waals surface area contributed by atoms with E-state index in [4.69, 9.17) is 10.8 Å². The van der Waals surface area contributed by atoms with E-state index in [0.29, 0.717) is 34.2 Å². The van der Waals surface area contributed by atoms with Gasteiger partial charge in [-0.3, -0.25) is 15.2 Å². The first-order valence-corrected chi connectivity index (χ1v) is 10.3. The molecule has 2 aromatic carbocycles. The highest BCUT2D eigenvalue weighted by atomic mass is 19.1. The molecule has 33 heavy (non-hydrogen) atoms. The summed E-state index contributed by atoms with van der Waals surface area (Å²) in [7, 11) is 0. The smallest absolute Gasteiger partial charge is 0.152 e. The van der Waals surface area contributed by atoms with Gasteiger partial charge in [-0.15, -0.1) is 0 Å². The van der Waals surface area contributed by atoms with Gasteiger partial charge in [-0.2, -0.15) is 0 Å². The summed E-state index contributed by atoms with van der Waals surface area (Å²) in [5.74, 6) is -0.679. The molecule has 0 fully saturated rings. The summed E-state index contributed by atoms with van der Waals surface area (Å²) in [5.41, 5.74) is 3.36. The third-order valence-electron chi connectivity index (χ3n) is 5.23. The molecule has 6 nitrogen and oxygen atoms in total. The van der Waals surface area contributed by atoms with Crippen LogP contribution in [0.4, 0.5) is 10.1 Å². The van der Waals surface area contributed by atoms with Crippen molar-refractivity contribution < 1.29 is 14.3 Å². The van der Waals surface area contributed by atoms with Gasteiger partial charge in [0, 0.05) is 34.3 Å². The summed E-state index contributed by atoms with van der Waals surface area (Å²) in [5, 5.41) is 30.2. The molecule has 0 saturated carbocycles. The van der Waals surface area contributed by atoms with Crippen molar-refractivity contribution in [3.63, 3.8) is 0 Å². The number of aldehydes is 1. The second kappa shape index (κ2) is 9.99. The van der Waals surface area contributed by atoms with Crippen LogP contribution in [-0.2, 0) is 0 Å². The first-order chi connectivity index (χ1) is 15.7. The van der Waals surface area contributed by atoms with Crippen LogP contribution in [0.1, 0.15) is 59.6 Å². The molecular weight excluding hydrogens is 419 g/mol. The second-order valence-corrected chi connectivity index (χ2v) is 7.70. The number of pyridine rings is 1. The molecule has 0 bridgehead atoms. The van der Waals surface area contributed by atoms with E-state index in [0.717, 1.165) is 11.8 Å². The monoisotopic (exact) mass is 444 g/mol. The van der Waals surface area contributed by atoms with E-state index < -0.39 is 5.82 Å². The topological polar surface area (TPSA) is 110 Å². The Labute approximate surface area is 191 Å². The van der Waals surface area contributed by atoms with Crippen LogP contribution < -0.4 is 5.32 Å². The fourth-order valence-electron chi connectivity index (χ4n) is 3.61. The Morgan fingerprint density at radius 2 is 1.82 bits per heavy atom. The summed E-state index contributed by atoms with van der Waals surface area (Å²) >= 11 is 0. The van der Waals surface area contributed by atoms with Crippen molar-refractivity contribution in [3.05, 3.63) is 100 Å². The fourth-order valence-corrected chi connectivity index (χ4v) is 3.61. The highest BCUT2D eigenvalue weighted by molar-refractivity contribution is 6.22. The minimum atomic E-state index is -0.694. The number of aliphatic hydroxyl groups excluding tert-OH is 1. The summed E-state index contributed by atoms with van der Waals surface area (Å²) in [6.45, 7) is 5.03. The minimum Gasteiger partial charge on any atom is -0.512 e. The van der Waals surface area contributed by atoms with Crippen LogP contribution in [0.5, 0.6) is 0 Å². The number of benzene rings is 2. The standard InChI is InChI=1S/C26H25FN4O2/c1-15(28)25(17(3)33)18-9-10-21(26(29)19-7-8-20(14-32)22(27)12-19)24(13-18)31-16(2)23-6-4-5-11-30-23/h4-14,16,28-29,31,33H,1-3H3/b25-17+,28-15?,29-26?/t16-/m0/s1. The Morgan fingerprint density at radius 3 is 2.39 bits per heavy atom. The molecule has 0 aliphatic carbocycles. The number of anilines is 1.